The molecule has 0 aliphatic carbocycles. The Hall–Kier alpha value is -1.76. The van der Waals surface area contributed by atoms with Gasteiger partial charge in [0.15, 0.2) is 15.6 Å². The van der Waals surface area contributed by atoms with Crippen LogP contribution in [-0.2, 0) is 16.4 Å². The van der Waals surface area contributed by atoms with Crippen molar-refractivity contribution in [3.63, 3.8) is 0 Å². The molecular formula is C23H27Cl2NO4S. The zero-order valence-corrected chi connectivity index (χ0v) is 20.2. The molecule has 0 spiro atoms. The van der Waals surface area contributed by atoms with Crippen LogP contribution in [0.5, 0.6) is 5.75 Å². The summed E-state index contributed by atoms with van der Waals surface area (Å²) in [4.78, 5) is 15.1. The Labute approximate surface area is 194 Å². The lowest BCUT2D eigenvalue weighted by molar-refractivity contribution is 0.0681. The maximum atomic E-state index is 13.5. The van der Waals surface area contributed by atoms with E-state index in [-0.39, 0.29) is 27.5 Å². The lowest BCUT2D eigenvalue weighted by Crippen LogP contribution is -2.40. The Kier molecular flexibility index (Phi) is 7.55. The molecule has 1 amide bonds. The Morgan fingerprint density at radius 1 is 1.16 bits per heavy atom. The minimum Gasteiger partial charge on any atom is -0.491 e. The van der Waals surface area contributed by atoms with Crippen LogP contribution >= 0.6 is 23.2 Å². The highest BCUT2D eigenvalue weighted by Crippen LogP contribution is 2.35. The Morgan fingerprint density at radius 3 is 2.26 bits per heavy atom. The first-order valence-corrected chi connectivity index (χ1v) is 12.9. The molecular weight excluding hydrogens is 457 g/mol. The first-order chi connectivity index (χ1) is 14.6. The van der Waals surface area contributed by atoms with Crippen LogP contribution in [0.4, 0.5) is 0 Å². The van der Waals surface area contributed by atoms with Gasteiger partial charge < -0.3 is 9.64 Å². The standard InChI is InChI=1S/C23H27Cl2NO4S/c1-4-30-22-20(24)11-18(12-21(22)25)23(27)26(19-9-10-31(28,29)14-19)13-16-5-7-17(8-6-16)15(2)3/h5-8,11-12,15,19H,4,9-10,13-14H2,1-3H3/t19-/m1/s1. The van der Waals surface area contributed by atoms with Gasteiger partial charge in [-0.2, -0.15) is 0 Å². The summed E-state index contributed by atoms with van der Waals surface area (Å²) in [5, 5.41) is 0.496. The molecule has 31 heavy (non-hydrogen) atoms. The molecule has 1 aliphatic rings. The predicted molar refractivity (Wildman–Crippen MR) is 125 cm³/mol. The molecule has 0 bridgehead atoms. The summed E-state index contributed by atoms with van der Waals surface area (Å²) < 4.78 is 29.7. The summed E-state index contributed by atoms with van der Waals surface area (Å²) in [5.41, 5.74) is 2.45. The van der Waals surface area contributed by atoms with Gasteiger partial charge in [0, 0.05) is 18.2 Å². The number of ether oxygens (including phenoxy) is 1. The maximum Gasteiger partial charge on any atom is 0.254 e. The number of amides is 1. The number of sulfone groups is 1. The Morgan fingerprint density at radius 2 is 1.77 bits per heavy atom. The molecule has 168 valence electrons. The molecule has 3 rings (SSSR count). The second-order valence-corrected chi connectivity index (χ2v) is 11.1. The highest BCUT2D eigenvalue weighted by atomic mass is 35.5. The van der Waals surface area contributed by atoms with Crippen LogP contribution < -0.4 is 4.74 Å². The van der Waals surface area contributed by atoms with Crippen LogP contribution in [0.25, 0.3) is 0 Å². The Bertz CT molecular complexity index is 1030. The van der Waals surface area contributed by atoms with Gasteiger partial charge in [0.05, 0.1) is 28.2 Å². The maximum absolute atomic E-state index is 13.5. The second kappa shape index (κ2) is 9.80. The second-order valence-electron chi connectivity index (χ2n) is 8.09. The van der Waals surface area contributed by atoms with Gasteiger partial charge in [-0.1, -0.05) is 61.3 Å². The number of hydrogen-bond acceptors (Lipinski definition) is 4. The van der Waals surface area contributed by atoms with E-state index in [4.69, 9.17) is 27.9 Å². The Balaban J connectivity index is 1.93. The van der Waals surface area contributed by atoms with E-state index in [1.54, 1.807) is 4.90 Å². The minimum atomic E-state index is -3.16. The van der Waals surface area contributed by atoms with Crippen LogP contribution in [0, 0.1) is 0 Å². The summed E-state index contributed by atoms with van der Waals surface area (Å²) in [6.07, 6.45) is 0.413. The van der Waals surface area contributed by atoms with E-state index in [0.29, 0.717) is 36.8 Å². The van der Waals surface area contributed by atoms with Gasteiger partial charge in [0.25, 0.3) is 5.91 Å². The average molecular weight is 484 g/mol. The molecule has 5 nitrogen and oxygen atoms in total. The molecule has 0 N–H and O–H groups in total. The summed E-state index contributed by atoms with van der Waals surface area (Å²) >= 11 is 12.6. The van der Waals surface area contributed by atoms with Crippen molar-refractivity contribution in [2.45, 2.75) is 45.7 Å². The van der Waals surface area contributed by atoms with E-state index in [1.807, 2.05) is 31.2 Å². The van der Waals surface area contributed by atoms with Gasteiger partial charge >= 0.3 is 0 Å². The number of nitrogens with zero attached hydrogens (tertiary/aromatic N) is 1. The summed E-state index contributed by atoms with van der Waals surface area (Å²) in [5.74, 6) is 0.475. The van der Waals surface area contributed by atoms with Crippen LogP contribution in [0.3, 0.4) is 0 Å². The molecule has 1 heterocycles. The molecule has 0 unspecified atom stereocenters. The van der Waals surface area contributed by atoms with E-state index in [9.17, 15) is 13.2 Å². The number of halogens is 2. The minimum absolute atomic E-state index is 0.0404. The largest absolute Gasteiger partial charge is 0.491 e. The third kappa shape index (κ3) is 5.73. The highest BCUT2D eigenvalue weighted by molar-refractivity contribution is 7.91. The molecule has 8 heteroatoms. The van der Waals surface area contributed by atoms with Crippen molar-refractivity contribution in [1.82, 2.24) is 4.90 Å². The van der Waals surface area contributed by atoms with Crippen molar-refractivity contribution in [1.29, 1.82) is 0 Å². The molecule has 0 aromatic heterocycles. The van der Waals surface area contributed by atoms with E-state index < -0.39 is 15.9 Å². The number of benzene rings is 2. The molecule has 2 aromatic rings. The SMILES string of the molecule is CCOc1c(Cl)cc(C(=O)N(Cc2ccc(C(C)C)cc2)[C@@H]2CCS(=O)(=O)C2)cc1Cl. The van der Waals surface area contributed by atoms with Gasteiger partial charge in [0.2, 0.25) is 0 Å². The monoisotopic (exact) mass is 483 g/mol. The summed E-state index contributed by atoms with van der Waals surface area (Å²) in [6.45, 7) is 6.75. The van der Waals surface area contributed by atoms with Gasteiger partial charge in [-0.3, -0.25) is 4.79 Å². The van der Waals surface area contributed by atoms with Crippen LogP contribution in [0.15, 0.2) is 36.4 Å². The van der Waals surface area contributed by atoms with Crippen molar-refractivity contribution in [3.05, 3.63) is 63.1 Å². The van der Waals surface area contributed by atoms with E-state index in [0.717, 1.165) is 5.56 Å². The zero-order chi connectivity index (χ0) is 22.8. The molecule has 1 fully saturated rings. The van der Waals surface area contributed by atoms with Crippen molar-refractivity contribution >= 4 is 38.9 Å². The smallest absolute Gasteiger partial charge is 0.254 e. The van der Waals surface area contributed by atoms with E-state index in [1.165, 1.54) is 17.7 Å². The van der Waals surface area contributed by atoms with Crippen molar-refractivity contribution in [2.75, 3.05) is 18.1 Å². The molecule has 1 atom stereocenters. The third-order valence-corrected chi connectivity index (χ3v) is 7.76. The number of rotatable bonds is 7. The lowest BCUT2D eigenvalue weighted by atomic mass is 10.0. The predicted octanol–water partition coefficient (Wildman–Crippen LogP) is 5.35. The van der Waals surface area contributed by atoms with Crippen LogP contribution in [-0.4, -0.2) is 43.4 Å². The van der Waals surface area contributed by atoms with E-state index in [2.05, 4.69) is 13.8 Å². The fraction of sp³-hybridized carbons (Fsp3) is 0.435. The summed E-state index contributed by atoms with van der Waals surface area (Å²) in [6, 6.07) is 10.7. The fourth-order valence-electron chi connectivity index (χ4n) is 3.72. The fourth-order valence-corrected chi connectivity index (χ4v) is 6.05. The number of hydrogen-bond donors (Lipinski definition) is 0. The zero-order valence-electron chi connectivity index (χ0n) is 17.9. The average Bonchev–Trinajstić information content (AvgIpc) is 3.08. The molecule has 0 radical (unpaired) electrons. The number of carbonyl (C=O) groups excluding carboxylic acids is 1. The van der Waals surface area contributed by atoms with Gasteiger partial charge in [-0.25, -0.2) is 8.42 Å². The molecule has 2 aromatic carbocycles. The number of carbonyl (C=O) groups is 1. The molecule has 1 saturated heterocycles. The van der Waals surface area contributed by atoms with Crippen LogP contribution in [0.1, 0.15) is 54.6 Å². The van der Waals surface area contributed by atoms with Crippen molar-refractivity contribution in [2.24, 2.45) is 0 Å². The highest BCUT2D eigenvalue weighted by Gasteiger charge is 2.35. The van der Waals surface area contributed by atoms with E-state index >= 15 is 0 Å². The molecule has 1 aliphatic heterocycles. The van der Waals surface area contributed by atoms with Gasteiger partial charge in [-0.05, 0) is 42.5 Å². The lowest BCUT2D eigenvalue weighted by Gasteiger charge is -2.29. The van der Waals surface area contributed by atoms with Gasteiger partial charge in [-0.15, -0.1) is 0 Å². The normalized spacial score (nSPS) is 17.7. The first-order valence-electron chi connectivity index (χ1n) is 10.3. The van der Waals surface area contributed by atoms with Crippen molar-refractivity contribution < 1.29 is 17.9 Å². The topological polar surface area (TPSA) is 63.7 Å². The van der Waals surface area contributed by atoms with Gasteiger partial charge in [0.1, 0.15) is 0 Å². The third-order valence-electron chi connectivity index (χ3n) is 5.44. The quantitative estimate of drug-likeness (QED) is 0.532. The summed E-state index contributed by atoms with van der Waals surface area (Å²) in [7, 11) is -3.16. The van der Waals surface area contributed by atoms with Crippen molar-refractivity contribution in [3.8, 4) is 5.75 Å². The first kappa shape index (κ1) is 23.9. The van der Waals surface area contributed by atoms with Crippen LogP contribution in [0.2, 0.25) is 10.0 Å². The molecule has 0 saturated carbocycles.